The van der Waals surface area contributed by atoms with Crippen molar-refractivity contribution in [3.05, 3.63) is 179 Å². The van der Waals surface area contributed by atoms with Gasteiger partial charge in [0.2, 0.25) is 13.6 Å². The van der Waals surface area contributed by atoms with Crippen LogP contribution in [0.25, 0.3) is 11.1 Å². The van der Waals surface area contributed by atoms with Gasteiger partial charge in [-0.15, -0.1) is 0 Å². The van der Waals surface area contributed by atoms with E-state index in [9.17, 15) is 24.0 Å². The van der Waals surface area contributed by atoms with Crippen molar-refractivity contribution in [2.24, 2.45) is 11.8 Å². The predicted octanol–water partition coefficient (Wildman–Crippen LogP) is 12.2. The van der Waals surface area contributed by atoms with E-state index >= 15 is 0 Å². The highest BCUT2D eigenvalue weighted by Crippen LogP contribution is 2.25. The molecule has 0 aliphatic heterocycles. The first-order valence-electron chi connectivity index (χ1n) is 20.8. The molecule has 1 amide bonds. The van der Waals surface area contributed by atoms with Crippen LogP contribution in [0, 0.1) is 23.2 Å². The van der Waals surface area contributed by atoms with Gasteiger partial charge in [0.05, 0.1) is 40.6 Å². The Morgan fingerprint density at radius 1 is 0.536 bits per heavy atom. The summed E-state index contributed by atoms with van der Waals surface area (Å²) in [5, 5.41) is 12.0. The molecule has 0 aromatic heterocycles. The quantitative estimate of drug-likeness (QED) is 0.0462. The van der Waals surface area contributed by atoms with E-state index in [-0.39, 0.29) is 71.7 Å². The molecular formula is C56H62N2O11. The normalized spacial score (nSPS) is 11.3. The summed E-state index contributed by atoms with van der Waals surface area (Å²) < 4.78 is 32.7. The molecule has 0 saturated heterocycles. The highest BCUT2D eigenvalue weighted by molar-refractivity contribution is 5.95. The average molecular weight is 939 g/mol. The molecule has 13 heteroatoms. The number of benzene rings is 6. The Morgan fingerprint density at radius 2 is 0.957 bits per heavy atom. The summed E-state index contributed by atoms with van der Waals surface area (Å²) in [6.07, 6.45) is 0.580. The van der Waals surface area contributed by atoms with Crippen LogP contribution in [0.4, 0.5) is 0 Å². The van der Waals surface area contributed by atoms with Crippen LogP contribution in [0.2, 0.25) is 0 Å². The number of nitrogens with zero attached hydrogens (tertiary/aromatic N) is 1. The maximum absolute atomic E-state index is 12.9. The van der Waals surface area contributed by atoms with Crippen LogP contribution >= 0.6 is 0 Å². The number of nitriles is 1. The van der Waals surface area contributed by atoms with Gasteiger partial charge < -0.3 is 33.7 Å². The third kappa shape index (κ3) is 16.5. The Kier molecular flexibility index (Phi) is 23.1. The maximum Gasteiger partial charge on any atom is 0.343 e. The molecule has 362 valence electrons. The van der Waals surface area contributed by atoms with Gasteiger partial charge in [-0.3, -0.25) is 14.4 Å². The van der Waals surface area contributed by atoms with Crippen LogP contribution in [0.3, 0.4) is 0 Å². The monoisotopic (exact) mass is 938 g/mol. The second-order valence-corrected chi connectivity index (χ2v) is 14.9. The molecule has 0 spiro atoms. The lowest BCUT2D eigenvalue weighted by Gasteiger charge is -2.18. The van der Waals surface area contributed by atoms with Crippen molar-refractivity contribution in [3.63, 3.8) is 0 Å². The second kappa shape index (κ2) is 28.1. The highest BCUT2D eigenvalue weighted by atomic mass is 16.7. The third-order valence-electron chi connectivity index (χ3n) is 10.3. The van der Waals surface area contributed by atoms with Crippen molar-refractivity contribution < 1.29 is 52.4 Å². The Morgan fingerprint density at radius 3 is 1.42 bits per heavy atom. The first-order chi connectivity index (χ1) is 31.5. The van der Waals surface area contributed by atoms with E-state index in [1.54, 1.807) is 74.5 Å². The molecule has 13 nitrogen and oxygen atoms in total. The fraction of sp³-hybridized carbons (Fsp3) is 0.250. The van der Waals surface area contributed by atoms with Gasteiger partial charge >= 0.3 is 23.9 Å². The molecule has 3 atom stereocenters. The first-order valence-corrected chi connectivity index (χ1v) is 20.8. The third-order valence-corrected chi connectivity index (χ3v) is 10.3. The van der Waals surface area contributed by atoms with Gasteiger partial charge in [0.25, 0.3) is 5.91 Å². The summed E-state index contributed by atoms with van der Waals surface area (Å²) in [6, 6.07) is 44.2. The molecule has 6 aromatic carbocycles. The van der Waals surface area contributed by atoms with E-state index in [1.807, 2.05) is 61.5 Å². The minimum Gasteiger partial charge on any atom is -0.457 e. The number of ether oxygens (including phenoxy) is 6. The molecule has 0 bridgehead atoms. The highest BCUT2D eigenvalue weighted by Gasteiger charge is 2.26. The Labute approximate surface area is 405 Å². The molecule has 3 unspecified atom stereocenters. The fourth-order valence-electron chi connectivity index (χ4n) is 6.46. The summed E-state index contributed by atoms with van der Waals surface area (Å²) in [7, 11) is 0. The second-order valence-electron chi connectivity index (χ2n) is 14.9. The number of carbonyl (C=O) groups is 5. The van der Waals surface area contributed by atoms with E-state index in [4.69, 9.17) is 33.7 Å². The lowest BCUT2D eigenvalue weighted by atomic mass is 9.94. The molecule has 0 saturated carbocycles. The number of hydrogen-bond donors (Lipinski definition) is 1. The van der Waals surface area contributed by atoms with Crippen molar-refractivity contribution in [2.45, 2.75) is 69.4 Å². The number of rotatable bonds is 19. The minimum atomic E-state index is -0.650. The summed E-state index contributed by atoms with van der Waals surface area (Å²) in [5.74, 6) is -2.46. The molecule has 0 aliphatic carbocycles. The Bertz CT molecular complexity index is 2590. The zero-order valence-electron chi connectivity index (χ0n) is 35.9. The van der Waals surface area contributed by atoms with Crippen molar-refractivity contribution >= 4 is 29.8 Å². The van der Waals surface area contributed by atoms with E-state index in [2.05, 4.69) is 11.4 Å². The van der Waals surface area contributed by atoms with Gasteiger partial charge in [0, 0.05) is 5.56 Å². The van der Waals surface area contributed by atoms with Gasteiger partial charge in [-0.05, 0) is 134 Å². The zero-order chi connectivity index (χ0) is 46.1. The molecular weight excluding hydrogens is 877 g/mol. The minimum absolute atomic E-state index is 0. The van der Waals surface area contributed by atoms with Crippen molar-refractivity contribution in [1.29, 1.82) is 5.26 Å². The average Bonchev–Trinajstić information content (AvgIpc) is 3.34. The van der Waals surface area contributed by atoms with Crippen LogP contribution in [0.5, 0.6) is 23.0 Å². The summed E-state index contributed by atoms with van der Waals surface area (Å²) in [4.78, 5) is 63.8. The summed E-state index contributed by atoms with van der Waals surface area (Å²) >= 11 is 0. The standard InChI is InChI=1S/C52H46N2O11.4CH4/c1-4-37(50(57)63-33-61-45-24-20-42(21-25-45)51(58)64-46-26-14-40(15-27-46)39-12-10-36(31-53)11-13-39)30-34(2)49(56)62-32-60-44-22-18-43(19-23-44)52(59)65-47-28-16-41(17-29-47)48(55)54-35(3)38-8-6-5-7-9-38;;;;/h5-29,34-35,37H,4,30,32-33H2,1-3H3,(H,54,55);4*1H4. The lowest BCUT2D eigenvalue weighted by molar-refractivity contribution is -0.159. The van der Waals surface area contributed by atoms with Crippen LogP contribution in [-0.2, 0) is 19.1 Å². The Balaban J connectivity index is 0.00000408. The molecule has 6 aromatic rings. The number of nitrogens with one attached hydrogen (secondary N) is 1. The fourth-order valence-corrected chi connectivity index (χ4v) is 6.46. The Hall–Kier alpha value is -8.24. The molecule has 6 rings (SSSR count). The van der Waals surface area contributed by atoms with Gasteiger partial charge in [-0.1, -0.05) is 98.2 Å². The number of esters is 4. The van der Waals surface area contributed by atoms with Gasteiger partial charge in [0.15, 0.2) is 0 Å². The van der Waals surface area contributed by atoms with E-state index < -0.39 is 42.5 Å². The molecule has 1 N–H and O–H groups in total. The maximum atomic E-state index is 12.9. The number of amides is 1. The summed E-state index contributed by atoms with van der Waals surface area (Å²) in [6.45, 7) is 4.57. The predicted molar refractivity (Wildman–Crippen MR) is 266 cm³/mol. The molecule has 0 aliphatic rings. The van der Waals surface area contributed by atoms with Crippen molar-refractivity contribution in [2.75, 3.05) is 13.6 Å². The van der Waals surface area contributed by atoms with E-state index in [0.717, 1.165) is 16.7 Å². The molecule has 0 heterocycles. The SMILES string of the molecule is C.C.C.C.CCC(CC(C)C(=O)OCOc1ccc(C(=O)Oc2ccc(C(=O)NC(C)c3ccccc3)cc2)cc1)C(=O)OCOc1ccc(C(=O)Oc2ccc(-c3ccc(C#N)cc3)cc2)cc1. The number of carbonyl (C=O) groups excluding carboxylic acids is 5. The molecule has 0 radical (unpaired) electrons. The molecule has 0 fully saturated rings. The largest absolute Gasteiger partial charge is 0.457 e. The lowest BCUT2D eigenvalue weighted by Crippen LogP contribution is -2.26. The van der Waals surface area contributed by atoms with E-state index in [0.29, 0.717) is 34.8 Å². The van der Waals surface area contributed by atoms with Crippen molar-refractivity contribution in [3.8, 4) is 40.2 Å². The van der Waals surface area contributed by atoms with Gasteiger partial charge in [-0.25, -0.2) is 9.59 Å². The van der Waals surface area contributed by atoms with Crippen LogP contribution in [0.1, 0.15) is 112 Å². The molecule has 69 heavy (non-hydrogen) atoms. The topological polar surface area (TPSA) is 177 Å². The zero-order valence-corrected chi connectivity index (χ0v) is 35.9. The van der Waals surface area contributed by atoms with Crippen LogP contribution in [0.15, 0.2) is 152 Å². The van der Waals surface area contributed by atoms with Crippen LogP contribution < -0.4 is 24.3 Å². The van der Waals surface area contributed by atoms with Crippen LogP contribution in [-0.4, -0.2) is 43.4 Å². The van der Waals surface area contributed by atoms with E-state index in [1.165, 1.54) is 36.4 Å². The summed E-state index contributed by atoms with van der Waals surface area (Å²) in [5.41, 5.74) is 4.34. The first kappa shape index (κ1) is 56.9. The van der Waals surface area contributed by atoms with Gasteiger partial charge in [-0.2, -0.15) is 5.26 Å². The van der Waals surface area contributed by atoms with Gasteiger partial charge in [0.1, 0.15) is 23.0 Å². The van der Waals surface area contributed by atoms with Crippen molar-refractivity contribution in [1.82, 2.24) is 5.32 Å². The smallest absolute Gasteiger partial charge is 0.343 e. The number of hydrogen-bond acceptors (Lipinski definition) is 12.